The Labute approximate surface area is 113 Å². The average molecular weight is 277 g/mol. The Kier molecular flexibility index (Phi) is 2.57. The summed E-state index contributed by atoms with van der Waals surface area (Å²) in [5.41, 5.74) is 0.696. The largest absolute Gasteiger partial charge is 0.478 e. The van der Waals surface area contributed by atoms with Crippen LogP contribution in [0.4, 0.5) is 0 Å². The van der Waals surface area contributed by atoms with Crippen LogP contribution in [0.5, 0.6) is 0 Å². The molecular formula is C13H9ClN2O3. The molecule has 0 spiro atoms. The Bertz CT molecular complexity index is 788. The lowest BCUT2D eigenvalue weighted by Gasteiger charge is -1.99. The molecule has 0 aromatic carbocycles. The maximum absolute atomic E-state index is 10.9. The highest BCUT2D eigenvalue weighted by atomic mass is 35.5. The van der Waals surface area contributed by atoms with Gasteiger partial charge in [0.05, 0.1) is 11.1 Å². The van der Waals surface area contributed by atoms with E-state index in [0.717, 1.165) is 5.76 Å². The lowest BCUT2D eigenvalue weighted by molar-refractivity contribution is 0.0697. The number of carboxylic acids is 1. The van der Waals surface area contributed by atoms with Crippen LogP contribution in [0.25, 0.3) is 17.1 Å². The number of aromatic nitrogens is 2. The molecular weight excluding hydrogens is 268 g/mol. The molecule has 0 radical (unpaired) electrons. The molecule has 3 heterocycles. The monoisotopic (exact) mass is 276 g/mol. The molecule has 0 bridgehead atoms. The summed E-state index contributed by atoms with van der Waals surface area (Å²) < 4.78 is 7.21. The predicted molar refractivity (Wildman–Crippen MR) is 69.6 cm³/mol. The van der Waals surface area contributed by atoms with Gasteiger partial charge in [-0.05, 0) is 31.2 Å². The smallest absolute Gasteiger partial charge is 0.335 e. The van der Waals surface area contributed by atoms with Gasteiger partial charge in [-0.2, -0.15) is 0 Å². The summed E-state index contributed by atoms with van der Waals surface area (Å²) in [4.78, 5) is 15.2. The van der Waals surface area contributed by atoms with Crippen molar-refractivity contribution in [1.82, 2.24) is 9.38 Å². The van der Waals surface area contributed by atoms with Crippen LogP contribution < -0.4 is 0 Å². The van der Waals surface area contributed by atoms with Crippen molar-refractivity contribution < 1.29 is 14.3 Å². The fourth-order valence-corrected chi connectivity index (χ4v) is 2.14. The van der Waals surface area contributed by atoms with E-state index < -0.39 is 5.97 Å². The van der Waals surface area contributed by atoms with Crippen LogP contribution in [0.3, 0.4) is 0 Å². The number of aryl methyl sites for hydroxylation is 1. The molecule has 96 valence electrons. The SMILES string of the molecule is Cc1ccc(-c2nc(Cl)c3cc(C(=O)O)ccn23)o1. The first-order valence-electron chi connectivity index (χ1n) is 5.54. The Morgan fingerprint density at radius 3 is 2.84 bits per heavy atom. The molecule has 0 saturated carbocycles. The number of hydrogen-bond donors (Lipinski definition) is 1. The summed E-state index contributed by atoms with van der Waals surface area (Å²) in [6.07, 6.45) is 1.62. The van der Waals surface area contributed by atoms with E-state index in [4.69, 9.17) is 21.1 Å². The van der Waals surface area contributed by atoms with Crippen molar-refractivity contribution in [2.45, 2.75) is 6.92 Å². The molecule has 3 aromatic rings. The topological polar surface area (TPSA) is 67.7 Å². The van der Waals surface area contributed by atoms with Crippen LogP contribution in [-0.2, 0) is 0 Å². The van der Waals surface area contributed by atoms with Crippen LogP contribution in [-0.4, -0.2) is 20.5 Å². The van der Waals surface area contributed by atoms with E-state index >= 15 is 0 Å². The van der Waals surface area contributed by atoms with Crippen molar-refractivity contribution in [3.05, 3.63) is 46.9 Å². The fourth-order valence-electron chi connectivity index (χ4n) is 1.91. The Hall–Kier alpha value is -2.27. The first kappa shape index (κ1) is 11.8. The highest BCUT2D eigenvalue weighted by molar-refractivity contribution is 6.33. The lowest BCUT2D eigenvalue weighted by atomic mass is 10.2. The van der Waals surface area contributed by atoms with Gasteiger partial charge in [0.2, 0.25) is 0 Å². The molecule has 0 aliphatic rings. The summed E-state index contributed by atoms with van der Waals surface area (Å²) in [5.74, 6) is 0.896. The Morgan fingerprint density at radius 1 is 1.42 bits per heavy atom. The minimum Gasteiger partial charge on any atom is -0.478 e. The minimum atomic E-state index is -1.00. The summed E-state index contributed by atoms with van der Waals surface area (Å²) in [6, 6.07) is 6.60. The first-order chi connectivity index (χ1) is 9.06. The highest BCUT2D eigenvalue weighted by Crippen LogP contribution is 2.27. The molecule has 1 N–H and O–H groups in total. The van der Waals surface area contributed by atoms with Gasteiger partial charge in [0.15, 0.2) is 16.7 Å². The van der Waals surface area contributed by atoms with Crippen molar-refractivity contribution in [3.8, 4) is 11.6 Å². The van der Waals surface area contributed by atoms with E-state index in [1.165, 1.54) is 12.1 Å². The second-order valence-corrected chi connectivity index (χ2v) is 4.47. The normalized spacial score (nSPS) is 11.1. The van der Waals surface area contributed by atoms with Crippen LogP contribution in [0, 0.1) is 6.92 Å². The van der Waals surface area contributed by atoms with Gasteiger partial charge < -0.3 is 9.52 Å². The third-order valence-electron chi connectivity index (χ3n) is 2.81. The van der Waals surface area contributed by atoms with E-state index in [9.17, 15) is 4.79 Å². The minimum absolute atomic E-state index is 0.163. The van der Waals surface area contributed by atoms with Gasteiger partial charge in [0, 0.05) is 6.20 Å². The Morgan fingerprint density at radius 2 is 2.21 bits per heavy atom. The van der Waals surface area contributed by atoms with E-state index in [1.54, 1.807) is 16.7 Å². The van der Waals surface area contributed by atoms with Crippen molar-refractivity contribution in [1.29, 1.82) is 0 Å². The van der Waals surface area contributed by atoms with E-state index in [0.29, 0.717) is 17.1 Å². The number of pyridine rings is 1. The maximum Gasteiger partial charge on any atom is 0.335 e. The molecule has 0 saturated heterocycles. The molecule has 0 aliphatic carbocycles. The quantitative estimate of drug-likeness (QED) is 0.780. The molecule has 0 amide bonds. The zero-order valence-corrected chi connectivity index (χ0v) is 10.7. The first-order valence-corrected chi connectivity index (χ1v) is 5.92. The second-order valence-electron chi connectivity index (χ2n) is 4.11. The number of imidazole rings is 1. The number of hydrogen-bond acceptors (Lipinski definition) is 3. The van der Waals surface area contributed by atoms with Crippen molar-refractivity contribution >= 4 is 23.1 Å². The third kappa shape index (κ3) is 1.88. The van der Waals surface area contributed by atoms with E-state index in [1.807, 2.05) is 13.0 Å². The zero-order valence-electron chi connectivity index (χ0n) is 9.92. The third-order valence-corrected chi connectivity index (χ3v) is 3.08. The van der Waals surface area contributed by atoms with Gasteiger partial charge in [-0.1, -0.05) is 11.6 Å². The van der Waals surface area contributed by atoms with Crippen molar-refractivity contribution in [2.24, 2.45) is 0 Å². The number of carboxylic acid groups (broad SMARTS) is 1. The maximum atomic E-state index is 10.9. The average Bonchev–Trinajstić information content (AvgIpc) is 2.94. The molecule has 0 atom stereocenters. The number of carbonyl (C=O) groups is 1. The van der Waals surface area contributed by atoms with E-state index in [2.05, 4.69) is 4.98 Å². The molecule has 3 rings (SSSR count). The van der Waals surface area contributed by atoms with E-state index in [-0.39, 0.29) is 10.7 Å². The van der Waals surface area contributed by atoms with Gasteiger partial charge in [-0.15, -0.1) is 0 Å². The molecule has 3 aromatic heterocycles. The van der Waals surface area contributed by atoms with Gasteiger partial charge in [-0.3, -0.25) is 4.40 Å². The Balaban J connectivity index is 2.25. The summed E-state index contributed by atoms with van der Waals surface area (Å²) >= 11 is 6.04. The molecule has 0 fully saturated rings. The molecule has 5 nitrogen and oxygen atoms in total. The standard InChI is InChI=1S/C13H9ClN2O3/c1-7-2-3-10(19-7)12-15-11(14)9-6-8(13(17)18)4-5-16(9)12/h2-6H,1H3,(H,17,18). The number of rotatable bonds is 2. The van der Waals surface area contributed by atoms with Crippen LogP contribution in [0.15, 0.2) is 34.9 Å². The molecule has 6 heteroatoms. The number of fused-ring (bicyclic) bond motifs is 1. The number of halogens is 1. The van der Waals surface area contributed by atoms with Gasteiger partial charge in [0.25, 0.3) is 0 Å². The zero-order chi connectivity index (χ0) is 13.6. The van der Waals surface area contributed by atoms with Crippen LogP contribution >= 0.6 is 11.6 Å². The fraction of sp³-hybridized carbons (Fsp3) is 0.0769. The lowest BCUT2D eigenvalue weighted by Crippen LogP contribution is -1.97. The number of aromatic carboxylic acids is 1. The summed E-state index contributed by atoms with van der Waals surface area (Å²) in [5, 5.41) is 9.21. The number of furan rings is 1. The number of nitrogens with zero attached hydrogens (tertiary/aromatic N) is 2. The van der Waals surface area contributed by atoms with Gasteiger partial charge in [0.1, 0.15) is 5.76 Å². The van der Waals surface area contributed by atoms with Crippen molar-refractivity contribution in [2.75, 3.05) is 0 Å². The highest BCUT2D eigenvalue weighted by Gasteiger charge is 2.15. The second kappa shape index (κ2) is 4.13. The van der Waals surface area contributed by atoms with Crippen LogP contribution in [0.2, 0.25) is 5.15 Å². The summed E-state index contributed by atoms with van der Waals surface area (Å²) in [7, 11) is 0. The predicted octanol–water partition coefficient (Wildman–Crippen LogP) is 3.25. The van der Waals surface area contributed by atoms with Crippen molar-refractivity contribution in [3.63, 3.8) is 0 Å². The molecule has 19 heavy (non-hydrogen) atoms. The van der Waals surface area contributed by atoms with Crippen LogP contribution in [0.1, 0.15) is 16.1 Å². The molecule has 0 unspecified atom stereocenters. The molecule has 0 aliphatic heterocycles. The van der Waals surface area contributed by atoms with Gasteiger partial charge >= 0.3 is 5.97 Å². The summed E-state index contributed by atoms with van der Waals surface area (Å²) in [6.45, 7) is 1.84. The van der Waals surface area contributed by atoms with Gasteiger partial charge in [-0.25, -0.2) is 9.78 Å².